The molecule has 5 heteroatoms. The van der Waals surface area contributed by atoms with Crippen molar-refractivity contribution in [2.45, 2.75) is 20.4 Å². The maximum absolute atomic E-state index is 5.39. The molecule has 0 atom stereocenters. The first kappa shape index (κ1) is 14.4. The van der Waals surface area contributed by atoms with Crippen molar-refractivity contribution in [1.82, 2.24) is 9.88 Å². The molecule has 0 saturated heterocycles. The fourth-order valence-corrected chi connectivity index (χ4v) is 2.45. The topological polar surface area (TPSA) is 28.6 Å². The highest BCUT2D eigenvalue weighted by Crippen LogP contribution is 2.20. The Morgan fingerprint density at radius 2 is 2.12 bits per heavy atom. The highest BCUT2D eigenvalue weighted by molar-refractivity contribution is 7.13. The van der Waals surface area contributed by atoms with E-state index in [0.717, 1.165) is 43.7 Å². The zero-order valence-corrected chi connectivity index (χ0v) is 12.1. The summed E-state index contributed by atoms with van der Waals surface area (Å²) in [5, 5.41) is 3.24. The molecule has 1 aromatic rings. The summed E-state index contributed by atoms with van der Waals surface area (Å²) >= 11 is 1.71. The van der Waals surface area contributed by atoms with Crippen molar-refractivity contribution >= 4 is 16.5 Å². The van der Waals surface area contributed by atoms with Crippen LogP contribution < -0.4 is 4.90 Å². The minimum atomic E-state index is 0.771. The number of rotatable bonds is 8. The summed E-state index contributed by atoms with van der Waals surface area (Å²) in [5.74, 6) is 0. The van der Waals surface area contributed by atoms with Gasteiger partial charge in [-0.2, -0.15) is 0 Å². The molecule has 0 saturated carbocycles. The Bertz CT molecular complexity index is 314. The molecule has 1 aromatic heterocycles. The molecule has 0 radical (unpaired) electrons. The van der Waals surface area contributed by atoms with Gasteiger partial charge in [-0.3, -0.25) is 0 Å². The first-order chi connectivity index (χ1) is 8.17. The van der Waals surface area contributed by atoms with Gasteiger partial charge in [0, 0.05) is 31.6 Å². The van der Waals surface area contributed by atoms with Crippen molar-refractivity contribution in [3.05, 3.63) is 11.1 Å². The summed E-state index contributed by atoms with van der Waals surface area (Å²) < 4.78 is 5.39. The average Bonchev–Trinajstić information content (AvgIpc) is 2.72. The lowest BCUT2D eigenvalue weighted by atomic mass is 10.4. The van der Waals surface area contributed by atoms with Gasteiger partial charge in [-0.05, 0) is 27.9 Å². The van der Waals surface area contributed by atoms with E-state index < -0.39 is 0 Å². The number of thiazole rings is 1. The molecule has 0 aliphatic rings. The fourth-order valence-electron chi connectivity index (χ4n) is 1.55. The van der Waals surface area contributed by atoms with Gasteiger partial charge < -0.3 is 14.5 Å². The van der Waals surface area contributed by atoms with Gasteiger partial charge in [0.1, 0.15) is 0 Å². The predicted molar refractivity (Wildman–Crippen MR) is 73.9 cm³/mol. The van der Waals surface area contributed by atoms with Gasteiger partial charge in [-0.25, -0.2) is 4.98 Å². The zero-order valence-electron chi connectivity index (χ0n) is 11.3. The standard InChI is InChI=1S/C12H23N3OS/c1-5-15(7-8-16-6-2)12-13-11(10-17-12)9-14(3)4/h10H,5-9H2,1-4H3. The minimum absolute atomic E-state index is 0.771. The quantitative estimate of drug-likeness (QED) is 0.667. The molecular formula is C12H23N3OS. The van der Waals surface area contributed by atoms with Gasteiger partial charge in [-0.15, -0.1) is 11.3 Å². The lowest BCUT2D eigenvalue weighted by Crippen LogP contribution is -2.27. The second-order valence-electron chi connectivity index (χ2n) is 4.14. The molecule has 0 aliphatic carbocycles. The van der Waals surface area contributed by atoms with Crippen molar-refractivity contribution in [1.29, 1.82) is 0 Å². The van der Waals surface area contributed by atoms with Gasteiger partial charge in [0.15, 0.2) is 5.13 Å². The van der Waals surface area contributed by atoms with Crippen LogP contribution in [0, 0.1) is 0 Å². The highest BCUT2D eigenvalue weighted by atomic mass is 32.1. The third-order valence-electron chi connectivity index (χ3n) is 2.38. The summed E-state index contributed by atoms with van der Waals surface area (Å²) in [6.45, 7) is 8.52. The summed E-state index contributed by atoms with van der Waals surface area (Å²) in [5.41, 5.74) is 1.14. The normalized spacial score (nSPS) is 11.1. The molecular weight excluding hydrogens is 234 g/mol. The Morgan fingerprint density at radius 1 is 1.35 bits per heavy atom. The molecule has 1 heterocycles. The molecule has 0 aromatic carbocycles. The monoisotopic (exact) mass is 257 g/mol. The van der Waals surface area contributed by atoms with Crippen LogP contribution in [0.1, 0.15) is 19.5 Å². The van der Waals surface area contributed by atoms with Crippen LogP contribution in [0.25, 0.3) is 0 Å². The maximum Gasteiger partial charge on any atom is 0.185 e. The van der Waals surface area contributed by atoms with Crippen molar-refractivity contribution in [2.75, 3.05) is 45.3 Å². The smallest absolute Gasteiger partial charge is 0.185 e. The Morgan fingerprint density at radius 3 is 2.71 bits per heavy atom. The number of likely N-dealkylation sites (N-methyl/N-ethyl adjacent to an activating group) is 1. The SMILES string of the molecule is CCOCCN(CC)c1nc(CN(C)C)cs1. The number of ether oxygens (including phenoxy) is 1. The van der Waals surface area contributed by atoms with Crippen LogP contribution in [0.15, 0.2) is 5.38 Å². The van der Waals surface area contributed by atoms with Crippen molar-refractivity contribution < 1.29 is 4.74 Å². The van der Waals surface area contributed by atoms with Crippen molar-refractivity contribution in [3.63, 3.8) is 0 Å². The van der Waals surface area contributed by atoms with Crippen LogP contribution in [-0.4, -0.2) is 50.3 Å². The number of hydrogen-bond acceptors (Lipinski definition) is 5. The van der Waals surface area contributed by atoms with Gasteiger partial charge in [0.2, 0.25) is 0 Å². The molecule has 0 unspecified atom stereocenters. The summed E-state index contributed by atoms with van der Waals surface area (Å²) in [6, 6.07) is 0. The molecule has 4 nitrogen and oxygen atoms in total. The molecule has 0 fully saturated rings. The van der Waals surface area contributed by atoms with E-state index in [1.165, 1.54) is 0 Å². The summed E-state index contributed by atoms with van der Waals surface area (Å²) in [7, 11) is 4.12. The highest BCUT2D eigenvalue weighted by Gasteiger charge is 2.09. The largest absolute Gasteiger partial charge is 0.380 e. The molecule has 0 bridgehead atoms. The fraction of sp³-hybridized carbons (Fsp3) is 0.750. The van der Waals surface area contributed by atoms with Gasteiger partial charge in [0.05, 0.1) is 12.3 Å². The Kier molecular flexibility index (Phi) is 6.47. The van der Waals surface area contributed by atoms with Crippen LogP contribution in [0.4, 0.5) is 5.13 Å². The molecule has 0 spiro atoms. The maximum atomic E-state index is 5.39. The predicted octanol–water partition coefficient (Wildman–Crippen LogP) is 2.07. The average molecular weight is 257 g/mol. The Balaban J connectivity index is 2.53. The molecule has 0 N–H and O–H groups in total. The van der Waals surface area contributed by atoms with Crippen LogP contribution in [0.5, 0.6) is 0 Å². The van der Waals surface area contributed by atoms with E-state index in [9.17, 15) is 0 Å². The van der Waals surface area contributed by atoms with Crippen molar-refractivity contribution in [2.24, 2.45) is 0 Å². The summed E-state index contributed by atoms with van der Waals surface area (Å²) in [6.07, 6.45) is 0. The second-order valence-corrected chi connectivity index (χ2v) is 4.97. The molecule has 0 aliphatic heterocycles. The van der Waals surface area contributed by atoms with E-state index in [2.05, 4.69) is 41.2 Å². The third kappa shape index (κ3) is 5.02. The molecule has 98 valence electrons. The minimum Gasteiger partial charge on any atom is -0.380 e. The van der Waals surface area contributed by atoms with Crippen LogP contribution in [-0.2, 0) is 11.3 Å². The van der Waals surface area contributed by atoms with Crippen LogP contribution in [0.3, 0.4) is 0 Å². The first-order valence-corrected chi connectivity index (χ1v) is 6.97. The number of anilines is 1. The lowest BCUT2D eigenvalue weighted by Gasteiger charge is -2.19. The number of aromatic nitrogens is 1. The van der Waals surface area contributed by atoms with E-state index >= 15 is 0 Å². The first-order valence-electron chi connectivity index (χ1n) is 6.09. The van der Waals surface area contributed by atoms with E-state index in [-0.39, 0.29) is 0 Å². The second kappa shape index (κ2) is 7.63. The van der Waals surface area contributed by atoms with E-state index in [1.807, 2.05) is 6.92 Å². The van der Waals surface area contributed by atoms with E-state index in [4.69, 9.17) is 4.74 Å². The molecule has 1 rings (SSSR count). The van der Waals surface area contributed by atoms with E-state index in [0.29, 0.717) is 0 Å². The van der Waals surface area contributed by atoms with Gasteiger partial charge in [-0.1, -0.05) is 0 Å². The lowest BCUT2D eigenvalue weighted by molar-refractivity contribution is 0.154. The van der Waals surface area contributed by atoms with E-state index in [1.54, 1.807) is 11.3 Å². The van der Waals surface area contributed by atoms with Crippen molar-refractivity contribution in [3.8, 4) is 0 Å². The zero-order chi connectivity index (χ0) is 12.7. The Labute approximate surface area is 108 Å². The van der Waals surface area contributed by atoms with Crippen LogP contribution in [0.2, 0.25) is 0 Å². The van der Waals surface area contributed by atoms with Gasteiger partial charge in [0.25, 0.3) is 0 Å². The molecule has 17 heavy (non-hydrogen) atoms. The molecule has 0 amide bonds. The summed E-state index contributed by atoms with van der Waals surface area (Å²) in [4.78, 5) is 9.05. The third-order valence-corrected chi connectivity index (χ3v) is 3.33. The van der Waals surface area contributed by atoms with Gasteiger partial charge >= 0.3 is 0 Å². The number of nitrogens with zero attached hydrogens (tertiary/aromatic N) is 3. The van der Waals surface area contributed by atoms with Crippen LogP contribution >= 0.6 is 11.3 Å². The Hall–Kier alpha value is -0.650. The number of hydrogen-bond donors (Lipinski definition) is 0.